The molecule has 0 unspecified atom stereocenters. The molecule has 0 aliphatic heterocycles. The van der Waals surface area contributed by atoms with Crippen LogP contribution in [0.1, 0.15) is 11.1 Å². The molecular formula is C14H11BrClNO3. The fourth-order valence-electron chi connectivity index (χ4n) is 1.65. The molecule has 2 aromatic rings. The standard InChI is InChI=1S/C14H11BrClNO3/c15-14-7-12(17(18)19)5-4-11(14)9-20-13-3-1-2-10(6-13)8-16/h1-7H,8-9H2. The number of alkyl halides is 1. The molecule has 2 rings (SSSR count). The fourth-order valence-corrected chi connectivity index (χ4v) is 2.29. The molecule has 0 heterocycles. The van der Waals surface area contributed by atoms with Gasteiger partial charge in [0.1, 0.15) is 12.4 Å². The monoisotopic (exact) mass is 355 g/mol. The topological polar surface area (TPSA) is 52.4 Å². The summed E-state index contributed by atoms with van der Waals surface area (Å²) < 4.78 is 6.31. The molecule has 0 amide bonds. The zero-order valence-electron chi connectivity index (χ0n) is 10.4. The van der Waals surface area contributed by atoms with Gasteiger partial charge in [0.2, 0.25) is 0 Å². The summed E-state index contributed by atoms with van der Waals surface area (Å²) in [5.74, 6) is 1.15. The van der Waals surface area contributed by atoms with Gasteiger partial charge in [-0.05, 0) is 23.8 Å². The number of nitro benzene ring substituents is 1. The summed E-state index contributed by atoms with van der Waals surface area (Å²) in [7, 11) is 0. The number of non-ortho nitro benzene ring substituents is 1. The van der Waals surface area contributed by atoms with E-state index in [0.717, 1.165) is 11.1 Å². The van der Waals surface area contributed by atoms with Gasteiger partial charge in [0.25, 0.3) is 5.69 Å². The molecule has 20 heavy (non-hydrogen) atoms. The van der Waals surface area contributed by atoms with Crippen molar-refractivity contribution in [2.45, 2.75) is 12.5 Å². The van der Waals surface area contributed by atoms with E-state index in [0.29, 0.717) is 22.7 Å². The normalized spacial score (nSPS) is 10.3. The number of nitrogens with zero attached hydrogens (tertiary/aromatic N) is 1. The first-order chi connectivity index (χ1) is 9.60. The van der Waals surface area contributed by atoms with Crippen LogP contribution < -0.4 is 4.74 Å². The fraction of sp³-hybridized carbons (Fsp3) is 0.143. The minimum atomic E-state index is -0.431. The Bertz CT molecular complexity index is 634. The highest BCUT2D eigenvalue weighted by Gasteiger charge is 2.09. The van der Waals surface area contributed by atoms with Crippen LogP contribution in [0.3, 0.4) is 0 Å². The lowest BCUT2D eigenvalue weighted by Gasteiger charge is -2.08. The van der Waals surface area contributed by atoms with Crippen LogP contribution in [0.25, 0.3) is 0 Å². The van der Waals surface area contributed by atoms with E-state index in [1.54, 1.807) is 6.07 Å². The Morgan fingerprint density at radius 3 is 2.70 bits per heavy atom. The van der Waals surface area contributed by atoms with E-state index < -0.39 is 4.92 Å². The van der Waals surface area contributed by atoms with E-state index in [2.05, 4.69) is 15.9 Å². The lowest BCUT2D eigenvalue weighted by molar-refractivity contribution is -0.384. The molecule has 0 fully saturated rings. The van der Waals surface area contributed by atoms with E-state index in [1.807, 2.05) is 24.3 Å². The molecule has 4 nitrogen and oxygen atoms in total. The highest BCUT2D eigenvalue weighted by atomic mass is 79.9. The van der Waals surface area contributed by atoms with Gasteiger partial charge in [0, 0.05) is 28.0 Å². The Labute approximate surface area is 129 Å². The van der Waals surface area contributed by atoms with Crippen LogP contribution >= 0.6 is 27.5 Å². The van der Waals surface area contributed by atoms with Gasteiger partial charge in [0.05, 0.1) is 4.92 Å². The van der Waals surface area contributed by atoms with Gasteiger partial charge in [-0.3, -0.25) is 10.1 Å². The van der Waals surface area contributed by atoms with Crippen LogP contribution in [0.2, 0.25) is 0 Å². The van der Waals surface area contributed by atoms with Crippen LogP contribution in [-0.2, 0) is 12.5 Å². The van der Waals surface area contributed by atoms with Crippen LogP contribution in [0, 0.1) is 10.1 Å². The van der Waals surface area contributed by atoms with E-state index in [1.165, 1.54) is 12.1 Å². The van der Waals surface area contributed by atoms with Gasteiger partial charge in [-0.15, -0.1) is 11.6 Å². The molecule has 0 spiro atoms. The zero-order chi connectivity index (χ0) is 14.5. The van der Waals surface area contributed by atoms with Crippen LogP contribution in [0.5, 0.6) is 5.75 Å². The maximum atomic E-state index is 10.7. The predicted octanol–water partition coefficient (Wildman–Crippen LogP) is 4.68. The SMILES string of the molecule is O=[N+]([O-])c1ccc(COc2cccc(CCl)c2)c(Br)c1. The third-order valence-electron chi connectivity index (χ3n) is 2.69. The third kappa shape index (κ3) is 3.71. The molecular weight excluding hydrogens is 346 g/mol. The summed E-state index contributed by atoms with van der Waals surface area (Å²) in [5.41, 5.74) is 1.86. The van der Waals surface area contributed by atoms with E-state index in [-0.39, 0.29) is 5.69 Å². The second-order valence-corrected chi connectivity index (χ2v) is 5.22. The lowest BCUT2D eigenvalue weighted by atomic mass is 10.2. The number of hydrogen-bond donors (Lipinski definition) is 0. The Morgan fingerprint density at radius 1 is 1.25 bits per heavy atom. The van der Waals surface area contributed by atoms with Crippen molar-refractivity contribution in [3.8, 4) is 5.75 Å². The molecule has 104 valence electrons. The summed E-state index contributed by atoms with van der Waals surface area (Å²) in [6, 6.07) is 12.1. The van der Waals surface area contributed by atoms with E-state index in [4.69, 9.17) is 16.3 Å². The number of rotatable bonds is 5. The summed E-state index contributed by atoms with van der Waals surface area (Å²) >= 11 is 9.07. The third-order valence-corrected chi connectivity index (χ3v) is 3.74. The number of benzene rings is 2. The Balaban J connectivity index is 2.08. The molecule has 0 radical (unpaired) electrons. The van der Waals surface area contributed by atoms with E-state index >= 15 is 0 Å². The first kappa shape index (κ1) is 14.8. The minimum absolute atomic E-state index is 0.0461. The van der Waals surface area contributed by atoms with Crippen LogP contribution in [0.15, 0.2) is 46.9 Å². The maximum absolute atomic E-state index is 10.7. The van der Waals surface area contributed by atoms with Gasteiger partial charge in [-0.1, -0.05) is 28.1 Å². The number of ether oxygens (including phenoxy) is 1. The molecule has 0 bridgehead atoms. The largest absolute Gasteiger partial charge is 0.489 e. The zero-order valence-corrected chi connectivity index (χ0v) is 12.7. The van der Waals surface area contributed by atoms with Crippen molar-refractivity contribution in [3.05, 3.63) is 68.2 Å². The average molecular weight is 357 g/mol. The molecule has 0 aromatic heterocycles. The van der Waals surface area contributed by atoms with Crippen molar-refractivity contribution in [1.82, 2.24) is 0 Å². The predicted molar refractivity (Wildman–Crippen MR) is 81.1 cm³/mol. The van der Waals surface area contributed by atoms with Gasteiger partial charge in [-0.25, -0.2) is 0 Å². The summed E-state index contributed by atoms with van der Waals surface area (Å²) in [5, 5.41) is 10.7. The lowest BCUT2D eigenvalue weighted by Crippen LogP contribution is -1.98. The number of nitro groups is 1. The Hall–Kier alpha value is -1.59. The molecule has 0 atom stereocenters. The smallest absolute Gasteiger partial charge is 0.270 e. The summed E-state index contributed by atoms with van der Waals surface area (Å²) in [6.45, 7) is 0.324. The van der Waals surface area contributed by atoms with E-state index in [9.17, 15) is 10.1 Å². The first-order valence-electron chi connectivity index (χ1n) is 5.80. The van der Waals surface area contributed by atoms with Crippen molar-refractivity contribution in [2.24, 2.45) is 0 Å². The quantitative estimate of drug-likeness (QED) is 0.444. The van der Waals surface area contributed by atoms with Crippen molar-refractivity contribution < 1.29 is 9.66 Å². The maximum Gasteiger partial charge on any atom is 0.270 e. The van der Waals surface area contributed by atoms with Crippen molar-refractivity contribution >= 4 is 33.2 Å². The Morgan fingerprint density at radius 2 is 2.05 bits per heavy atom. The second-order valence-electron chi connectivity index (χ2n) is 4.10. The second kappa shape index (κ2) is 6.72. The molecule has 0 aliphatic rings. The number of halogens is 2. The van der Waals surface area contributed by atoms with Crippen molar-refractivity contribution in [3.63, 3.8) is 0 Å². The van der Waals surface area contributed by atoms with Crippen molar-refractivity contribution in [1.29, 1.82) is 0 Å². The summed E-state index contributed by atoms with van der Waals surface area (Å²) in [6.07, 6.45) is 0. The minimum Gasteiger partial charge on any atom is -0.489 e. The molecule has 0 saturated heterocycles. The van der Waals surface area contributed by atoms with Gasteiger partial charge in [0.15, 0.2) is 0 Å². The molecule has 0 aliphatic carbocycles. The van der Waals surface area contributed by atoms with Crippen LogP contribution in [0.4, 0.5) is 5.69 Å². The highest BCUT2D eigenvalue weighted by Crippen LogP contribution is 2.24. The van der Waals surface area contributed by atoms with Gasteiger partial charge >= 0.3 is 0 Å². The Kier molecular flexibility index (Phi) is 4.98. The first-order valence-corrected chi connectivity index (χ1v) is 7.13. The molecule has 0 saturated carbocycles. The van der Waals surface area contributed by atoms with Gasteiger partial charge < -0.3 is 4.74 Å². The molecule has 6 heteroatoms. The molecule has 0 N–H and O–H groups in total. The highest BCUT2D eigenvalue weighted by molar-refractivity contribution is 9.10. The number of hydrogen-bond acceptors (Lipinski definition) is 3. The van der Waals surface area contributed by atoms with Crippen molar-refractivity contribution in [2.75, 3.05) is 0 Å². The molecule has 2 aromatic carbocycles. The average Bonchev–Trinajstić information content (AvgIpc) is 2.46. The summed E-state index contributed by atoms with van der Waals surface area (Å²) in [4.78, 5) is 10.2. The van der Waals surface area contributed by atoms with Gasteiger partial charge in [-0.2, -0.15) is 0 Å². The van der Waals surface area contributed by atoms with Crippen LogP contribution in [-0.4, -0.2) is 4.92 Å².